The molecular formula is C14H13ClN2O3S. The third-order valence-corrected chi connectivity index (χ3v) is 4.74. The number of sulfonamides is 1. The Morgan fingerprint density at radius 2 is 2.05 bits per heavy atom. The van der Waals surface area contributed by atoms with E-state index in [0.29, 0.717) is 11.5 Å². The summed E-state index contributed by atoms with van der Waals surface area (Å²) in [5, 5.41) is 8.90. The van der Waals surface area contributed by atoms with Crippen molar-refractivity contribution in [2.45, 2.75) is 24.8 Å². The molecule has 0 aliphatic rings. The van der Waals surface area contributed by atoms with Crippen molar-refractivity contribution in [3.63, 3.8) is 0 Å². The molecule has 1 aromatic heterocycles. The Kier molecular flexibility index (Phi) is 4.37. The first-order valence-electron chi connectivity index (χ1n) is 6.12. The summed E-state index contributed by atoms with van der Waals surface area (Å²) in [6.07, 6.45) is 0. The minimum atomic E-state index is -3.75. The van der Waals surface area contributed by atoms with E-state index in [1.54, 1.807) is 26.0 Å². The lowest BCUT2D eigenvalue weighted by Gasteiger charge is -2.12. The summed E-state index contributed by atoms with van der Waals surface area (Å²) in [7, 11) is -3.75. The van der Waals surface area contributed by atoms with Crippen molar-refractivity contribution in [3.8, 4) is 6.07 Å². The van der Waals surface area contributed by atoms with E-state index >= 15 is 0 Å². The summed E-state index contributed by atoms with van der Waals surface area (Å²) < 4.78 is 32.5. The highest BCUT2D eigenvalue weighted by molar-refractivity contribution is 7.89. The normalized spacial score (nSPS) is 12.9. The van der Waals surface area contributed by atoms with E-state index in [9.17, 15) is 8.42 Å². The van der Waals surface area contributed by atoms with Crippen LogP contribution >= 0.6 is 11.6 Å². The van der Waals surface area contributed by atoms with Gasteiger partial charge in [0, 0.05) is 0 Å². The molecule has 0 bridgehead atoms. The summed E-state index contributed by atoms with van der Waals surface area (Å²) in [4.78, 5) is 0.00151. The summed E-state index contributed by atoms with van der Waals surface area (Å²) in [6, 6.07) is 8.81. The SMILES string of the molecule is Cc1ccc(C(C)NS(=O)(=O)c2ccc(C#N)c(Cl)c2)o1. The van der Waals surface area contributed by atoms with Gasteiger partial charge in [-0.3, -0.25) is 0 Å². The van der Waals surface area contributed by atoms with Crippen molar-refractivity contribution < 1.29 is 12.8 Å². The average Bonchev–Trinajstić information content (AvgIpc) is 2.85. The third-order valence-electron chi connectivity index (χ3n) is 2.89. The van der Waals surface area contributed by atoms with Crippen molar-refractivity contribution in [3.05, 3.63) is 52.4 Å². The van der Waals surface area contributed by atoms with Gasteiger partial charge in [-0.15, -0.1) is 0 Å². The van der Waals surface area contributed by atoms with Crippen LogP contribution in [0.25, 0.3) is 0 Å². The van der Waals surface area contributed by atoms with Gasteiger partial charge in [0.25, 0.3) is 0 Å². The molecule has 0 spiro atoms. The molecule has 1 aromatic carbocycles. The van der Waals surface area contributed by atoms with Gasteiger partial charge in [-0.25, -0.2) is 13.1 Å². The van der Waals surface area contributed by atoms with E-state index in [2.05, 4.69) is 4.72 Å². The van der Waals surface area contributed by atoms with Gasteiger partial charge in [0.2, 0.25) is 10.0 Å². The monoisotopic (exact) mass is 324 g/mol. The Balaban J connectivity index is 2.26. The maximum absolute atomic E-state index is 12.3. The molecule has 7 heteroatoms. The number of furan rings is 1. The number of hydrogen-bond acceptors (Lipinski definition) is 4. The molecule has 5 nitrogen and oxygen atoms in total. The Bertz CT molecular complexity index is 806. The highest BCUT2D eigenvalue weighted by Crippen LogP contribution is 2.23. The molecule has 1 atom stereocenters. The van der Waals surface area contributed by atoms with Gasteiger partial charge in [-0.05, 0) is 44.2 Å². The molecule has 0 aliphatic heterocycles. The number of nitriles is 1. The number of nitrogens with zero attached hydrogens (tertiary/aromatic N) is 1. The first-order valence-corrected chi connectivity index (χ1v) is 7.98. The van der Waals surface area contributed by atoms with Crippen LogP contribution in [0.5, 0.6) is 0 Å². The van der Waals surface area contributed by atoms with Gasteiger partial charge >= 0.3 is 0 Å². The lowest BCUT2D eigenvalue weighted by atomic mass is 10.2. The second-order valence-corrected chi connectivity index (χ2v) is 6.67. The van der Waals surface area contributed by atoms with Crippen LogP contribution in [0.15, 0.2) is 39.6 Å². The van der Waals surface area contributed by atoms with Crippen LogP contribution in [-0.2, 0) is 10.0 Å². The largest absolute Gasteiger partial charge is 0.465 e. The van der Waals surface area contributed by atoms with Gasteiger partial charge in [-0.1, -0.05) is 11.6 Å². The van der Waals surface area contributed by atoms with Gasteiger partial charge in [0.05, 0.1) is 21.5 Å². The smallest absolute Gasteiger partial charge is 0.241 e. The lowest BCUT2D eigenvalue weighted by molar-refractivity contribution is 0.441. The zero-order valence-corrected chi connectivity index (χ0v) is 13.0. The zero-order valence-electron chi connectivity index (χ0n) is 11.4. The molecule has 0 amide bonds. The summed E-state index contributed by atoms with van der Waals surface area (Å²) in [6.45, 7) is 3.46. The Hall–Kier alpha value is -1.81. The quantitative estimate of drug-likeness (QED) is 0.936. The molecule has 2 aromatic rings. The molecule has 21 heavy (non-hydrogen) atoms. The van der Waals surface area contributed by atoms with Crippen LogP contribution < -0.4 is 4.72 Å². The van der Waals surface area contributed by atoms with Crippen LogP contribution in [0, 0.1) is 18.3 Å². The topological polar surface area (TPSA) is 83.1 Å². The van der Waals surface area contributed by atoms with E-state index < -0.39 is 16.1 Å². The van der Waals surface area contributed by atoms with Crippen LogP contribution in [0.4, 0.5) is 0 Å². The van der Waals surface area contributed by atoms with Crippen LogP contribution in [0.1, 0.15) is 30.0 Å². The minimum absolute atomic E-state index is 0.00151. The van der Waals surface area contributed by atoms with Crippen LogP contribution in [0.3, 0.4) is 0 Å². The molecule has 2 rings (SSSR count). The number of halogens is 1. The third kappa shape index (κ3) is 3.45. The van der Waals surface area contributed by atoms with Crippen molar-refractivity contribution >= 4 is 21.6 Å². The van der Waals surface area contributed by atoms with Crippen LogP contribution in [-0.4, -0.2) is 8.42 Å². The maximum Gasteiger partial charge on any atom is 0.241 e. The number of benzene rings is 1. The van der Waals surface area contributed by atoms with E-state index in [1.807, 2.05) is 6.07 Å². The lowest BCUT2D eigenvalue weighted by Crippen LogP contribution is -2.26. The molecule has 1 heterocycles. The molecule has 0 fully saturated rings. The van der Waals surface area contributed by atoms with Crippen molar-refractivity contribution in [2.24, 2.45) is 0 Å². The summed E-state index contributed by atoms with van der Waals surface area (Å²) in [5.74, 6) is 1.23. The summed E-state index contributed by atoms with van der Waals surface area (Å²) in [5.41, 5.74) is 0.227. The van der Waals surface area contributed by atoms with Crippen LogP contribution in [0.2, 0.25) is 5.02 Å². The molecule has 0 saturated heterocycles. The fraction of sp³-hybridized carbons (Fsp3) is 0.214. The molecule has 1 N–H and O–H groups in total. The highest BCUT2D eigenvalue weighted by Gasteiger charge is 2.21. The Morgan fingerprint density at radius 3 is 2.57 bits per heavy atom. The molecule has 0 radical (unpaired) electrons. The van der Waals surface area contributed by atoms with E-state index in [0.717, 1.165) is 0 Å². The maximum atomic E-state index is 12.3. The molecule has 1 unspecified atom stereocenters. The van der Waals surface area contributed by atoms with Gasteiger partial charge in [0.15, 0.2) is 0 Å². The van der Waals surface area contributed by atoms with Gasteiger partial charge < -0.3 is 4.42 Å². The Labute approximate surface area is 128 Å². The number of rotatable bonds is 4. The Morgan fingerprint density at radius 1 is 1.33 bits per heavy atom. The van der Waals surface area contributed by atoms with E-state index in [-0.39, 0.29) is 15.5 Å². The fourth-order valence-corrected chi connectivity index (χ4v) is 3.32. The zero-order chi connectivity index (χ0) is 15.6. The molecule has 110 valence electrons. The number of nitrogens with one attached hydrogen (secondary N) is 1. The first kappa shape index (κ1) is 15.6. The fourth-order valence-electron chi connectivity index (χ4n) is 1.80. The predicted molar refractivity (Wildman–Crippen MR) is 78.3 cm³/mol. The second-order valence-electron chi connectivity index (χ2n) is 4.54. The van der Waals surface area contributed by atoms with Gasteiger partial charge in [0.1, 0.15) is 17.6 Å². The number of hydrogen-bond donors (Lipinski definition) is 1. The standard InChI is InChI=1S/C14H13ClN2O3S/c1-9-3-6-14(20-9)10(2)17-21(18,19)12-5-4-11(8-16)13(15)7-12/h3-7,10,17H,1-2H3. The second kappa shape index (κ2) is 5.90. The van der Waals surface area contributed by atoms with E-state index in [4.69, 9.17) is 21.3 Å². The minimum Gasteiger partial charge on any atom is -0.465 e. The van der Waals surface area contributed by atoms with Crippen molar-refractivity contribution in [1.82, 2.24) is 4.72 Å². The highest BCUT2D eigenvalue weighted by atomic mass is 35.5. The summed E-state index contributed by atoms with van der Waals surface area (Å²) >= 11 is 5.86. The first-order chi connectivity index (χ1) is 9.83. The average molecular weight is 325 g/mol. The van der Waals surface area contributed by atoms with E-state index in [1.165, 1.54) is 18.2 Å². The number of aryl methyl sites for hydroxylation is 1. The van der Waals surface area contributed by atoms with Crippen molar-refractivity contribution in [1.29, 1.82) is 5.26 Å². The van der Waals surface area contributed by atoms with Gasteiger partial charge in [-0.2, -0.15) is 5.26 Å². The predicted octanol–water partition coefficient (Wildman–Crippen LogP) is 3.15. The molecule has 0 saturated carbocycles. The molecule has 0 aliphatic carbocycles. The molecular weight excluding hydrogens is 312 g/mol. The van der Waals surface area contributed by atoms with Crippen molar-refractivity contribution in [2.75, 3.05) is 0 Å².